The van der Waals surface area contributed by atoms with Crippen molar-refractivity contribution in [3.8, 4) is 0 Å². The van der Waals surface area contributed by atoms with E-state index in [4.69, 9.17) is 0 Å². The van der Waals surface area contributed by atoms with Gasteiger partial charge in [0.2, 0.25) is 20.0 Å². The van der Waals surface area contributed by atoms with Crippen LogP contribution in [0.5, 0.6) is 0 Å². The average Bonchev–Trinajstić information content (AvgIpc) is 2.41. The van der Waals surface area contributed by atoms with Crippen LogP contribution in [0, 0.1) is 0 Å². The van der Waals surface area contributed by atoms with Crippen LogP contribution in [0.4, 0.5) is 18.9 Å². The smallest absolute Gasteiger partial charge is 0.269 e. The fourth-order valence-corrected chi connectivity index (χ4v) is 3.25. The van der Waals surface area contributed by atoms with Crippen molar-refractivity contribution in [2.45, 2.75) is 13.1 Å². The third kappa shape index (κ3) is 5.99. The van der Waals surface area contributed by atoms with Crippen molar-refractivity contribution in [2.24, 2.45) is 0 Å². The molecule has 0 saturated carbocycles. The van der Waals surface area contributed by atoms with E-state index in [1.165, 1.54) is 13.0 Å². The van der Waals surface area contributed by atoms with Crippen molar-refractivity contribution in [3.63, 3.8) is 0 Å². The zero-order valence-corrected chi connectivity index (χ0v) is 14.1. The van der Waals surface area contributed by atoms with E-state index in [1.807, 2.05) is 0 Å². The summed E-state index contributed by atoms with van der Waals surface area (Å²) in [7, 11) is -7.40. The maximum absolute atomic E-state index is 12.7. The quantitative estimate of drug-likeness (QED) is 0.782. The van der Waals surface area contributed by atoms with Crippen LogP contribution in [0.15, 0.2) is 24.3 Å². The van der Waals surface area contributed by atoms with Crippen molar-refractivity contribution in [1.82, 2.24) is 4.72 Å². The van der Waals surface area contributed by atoms with Crippen molar-refractivity contribution in [1.29, 1.82) is 0 Å². The van der Waals surface area contributed by atoms with Gasteiger partial charge in [-0.3, -0.25) is 4.31 Å². The van der Waals surface area contributed by atoms with Gasteiger partial charge in [-0.25, -0.2) is 21.6 Å². The van der Waals surface area contributed by atoms with Crippen LogP contribution < -0.4 is 9.03 Å². The summed E-state index contributed by atoms with van der Waals surface area (Å²) in [5.41, 5.74) is -1.17. The van der Waals surface area contributed by atoms with Gasteiger partial charge in [-0.05, 0) is 25.1 Å². The van der Waals surface area contributed by atoms with Gasteiger partial charge in [0.05, 0.1) is 23.3 Å². The third-order valence-electron chi connectivity index (χ3n) is 2.88. The molecule has 0 fully saturated rings. The molecule has 0 aliphatic carbocycles. The molecule has 11 heteroatoms. The van der Waals surface area contributed by atoms with Gasteiger partial charge in [-0.1, -0.05) is 6.07 Å². The highest BCUT2D eigenvalue weighted by atomic mass is 32.2. The van der Waals surface area contributed by atoms with Gasteiger partial charge in [0.1, 0.15) is 0 Å². The molecule has 0 atom stereocenters. The average molecular weight is 374 g/mol. The van der Waals surface area contributed by atoms with Crippen molar-refractivity contribution < 1.29 is 30.0 Å². The number of nitrogens with zero attached hydrogens (tertiary/aromatic N) is 1. The van der Waals surface area contributed by atoms with Crippen molar-refractivity contribution >= 4 is 25.7 Å². The van der Waals surface area contributed by atoms with Gasteiger partial charge in [0.15, 0.2) is 0 Å². The number of sulfonamides is 2. The summed E-state index contributed by atoms with van der Waals surface area (Å²) in [5, 5.41) is 0. The van der Waals surface area contributed by atoms with Crippen molar-refractivity contribution in [2.75, 3.05) is 29.4 Å². The molecule has 0 aliphatic rings. The Labute approximate surface area is 133 Å². The van der Waals surface area contributed by atoms with Gasteiger partial charge < -0.3 is 0 Å². The maximum atomic E-state index is 12.7. The second-order valence-electron chi connectivity index (χ2n) is 4.68. The lowest BCUT2D eigenvalue weighted by atomic mass is 10.2. The van der Waals surface area contributed by atoms with E-state index in [2.05, 4.69) is 4.72 Å². The Morgan fingerprint density at radius 1 is 1.17 bits per heavy atom. The summed E-state index contributed by atoms with van der Waals surface area (Å²) >= 11 is 0. The van der Waals surface area contributed by atoms with E-state index in [0.717, 1.165) is 22.7 Å². The molecule has 1 aromatic rings. The highest BCUT2D eigenvalue weighted by Crippen LogP contribution is 2.32. The van der Waals surface area contributed by atoms with Gasteiger partial charge in [0, 0.05) is 13.1 Å². The number of nitrogens with one attached hydrogen (secondary N) is 1. The van der Waals surface area contributed by atoms with Gasteiger partial charge in [-0.2, -0.15) is 13.2 Å². The molecule has 0 heterocycles. The molecule has 1 aromatic carbocycles. The lowest BCUT2D eigenvalue weighted by Gasteiger charge is -2.23. The Morgan fingerprint density at radius 2 is 1.78 bits per heavy atom. The second kappa shape index (κ2) is 7.05. The molecule has 0 radical (unpaired) electrons. The number of anilines is 1. The van der Waals surface area contributed by atoms with Gasteiger partial charge in [-0.15, -0.1) is 0 Å². The summed E-state index contributed by atoms with van der Waals surface area (Å²) in [4.78, 5) is 0. The number of hydrogen-bond acceptors (Lipinski definition) is 4. The van der Waals surface area contributed by atoms with Crippen LogP contribution >= 0.6 is 0 Å². The molecule has 0 unspecified atom stereocenters. The Hall–Kier alpha value is -1.33. The van der Waals surface area contributed by atoms with Gasteiger partial charge in [0.25, 0.3) is 0 Å². The van der Waals surface area contributed by atoms with Crippen LogP contribution in [0.3, 0.4) is 0 Å². The SMILES string of the molecule is CCS(=O)(=O)NCCN(c1cccc(C(F)(F)F)c1)S(C)(=O)=O. The highest BCUT2D eigenvalue weighted by molar-refractivity contribution is 7.92. The monoisotopic (exact) mass is 374 g/mol. The van der Waals surface area contributed by atoms with E-state index in [9.17, 15) is 30.0 Å². The predicted molar refractivity (Wildman–Crippen MR) is 81.1 cm³/mol. The molecule has 6 nitrogen and oxygen atoms in total. The fourth-order valence-electron chi connectivity index (χ4n) is 1.73. The van der Waals surface area contributed by atoms with Crippen LogP contribution in [0.1, 0.15) is 12.5 Å². The molecule has 0 aliphatic heterocycles. The molecular formula is C12H17F3N2O4S2. The largest absolute Gasteiger partial charge is 0.416 e. The van der Waals surface area contributed by atoms with E-state index in [-0.39, 0.29) is 24.5 Å². The number of benzene rings is 1. The molecule has 0 amide bonds. The van der Waals surface area contributed by atoms with E-state index in [1.54, 1.807) is 0 Å². The first-order chi connectivity index (χ1) is 10.4. The van der Waals surface area contributed by atoms with Crippen molar-refractivity contribution in [3.05, 3.63) is 29.8 Å². The fraction of sp³-hybridized carbons (Fsp3) is 0.500. The second-order valence-corrected chi connectivity index (χ2v) is 8.68. The Bertz CT molecular complexity index is 746. The third-order valence-corrected chi connectivity index (χ3v) is 5.48. The Morgan fingerprint density at radius 3 is 2.26 bits per heavy atom. The number of alkyl halides is 3. The molecule has 1 rings (SSSR count). The van der Waals surface area contributed by atoms with Crippen LogP contribution in [-0.2, 0) is 26.2 Å². The predicted octanol–water partition coefficient (Wildman–Crippen LogP) is 1.41. The maximum Gasteiger partial charge on any atom is 0.416 e. The zero-order valence-electron chi connectivity index (χ0n) is 12.5. The molecular weight excluding hydrogens is 357 g/mol. The lowest BCUT2D eigenvalue weighted by molar-refractivity contribution is -0.137. The zero-order chi connectivity index (χ0) is 17.9. The topological polar surface area (TPSA) is 83.6 Å². The first-order valence-corrected chi connectivity index (χ1v) is 9.99. The molecule has 0 aromatic heterocycles. The lowest BCUT2D eigenvalue weighted by Crippen LogP contribution is -2.38. The summed E-state index contributed by atoms with van der Waals surface area (Å²) in [6.45, 7) is 0.836. The van der Waals surface area contributed by atoms with Crippen LogP contribution in [0.2, 0.25) is 0 Å². The molecule has 0 saturated heterocycles. The highest BCUT2D eigenvalue weighted by Gasteiger charge is 2.31. The Balaban J connectivity index is 3.05. The van der Waals surface area contributed by atoms with E-state index < -0.39 is 31.8 Å². The minimum Gasteiger partial charge on any atom is -0.269 e. The molecule has 0 spiro atoms. The van der Waals surface area contributed by atoms with Crippen LogP contribution in [0.25, 0.3) is 0 Å². The van der Waals surface area contributed by atoms with Crippen LogP contribution in [-0.4, -0.2) is 41.9 Å². The summed E-state index contributed by atoms with van der Waals surface area (Å²) in [5.74, 6) is -0.185. The number of halogens is 3. The molecule has 1 N–H and O–H groups in total. The Kier molecular flexibility index (Phi) is 6.05. The first kappa shape index (κ1) is 19.7. The molecule has 23 heavy (non-hydrogen) atoms. The summed E-state index contributed by atoms with van der Waals surface area (Å²) in [6.07, 6.45) is -3.77. The summed E-state index contributed by atoms with van der Waals surface area (Å²) < 4.78 is 87.3. The van der Waals surface area contributed by atoms with Gasteiger partial charge >= 0.3 is 6.18 Å². The standard InChI is InChI=1S/C12H17F3N2O4S2/c1-3-23(20,21)16-7-8-17(22(2,18)19)11-6-4-5-10(9-11)12(13,14)15/h4-6,9,16H,3,7-8H2,1-2H3. The van der Waals surface area contributed by atoms with E-state index in [0.29, 0.717) is 6.07 Å². The molecule has 0 bridgehead atoms. The minimum atomic E-state index is -4.61. The molecule has 132 valence electrons. The first-order valence-electron chi connectivity index (χ1n) is 6.49. The number of rotatable bonds is 7. The van der Waals surface area contributed by atoms with E-state index >= 15 is 0 Å². The normalized spacial score (nSPS) is 13.1. The minimum absolute atomic E-state index is 0.182. The summed E-state index contributed by atoms with van der Waals surface area (Å²) in [6, 6.07) is 3.83. The number of hydrogen-bond donors (Lipinski definition) is 1.